The van der Waals surface area contributed by atoms with Gasteiger partial charge in [-0.3, -0.25) is 9.59 Å². The molecule has 1 aromatic carbocycles. The number of rotatable bonds is 5. The first-order valence-corrected chi connectivity index (χ1v) is 10.5. The second-order valence-corrected chi connectivity index (χ2v) is 8.07. The molecule has 6 nitrogen and oxygen atoms in total. The maximum Gasteiger partial charge on any atom is 0.270 e. The molecule has 2 fully saturated rings. The molecule has 0 saturated carbocycles. The molecule has 3 heterocycles. The normalized spacial score (nSPS) is 17.6. The minimum absolute atomic E-state index is 0.107. The van der Waals surface area contributed by atoms with Crippen molar-refractivity contribution in [2.45, 2.75) is 25.7 Å². The highest BCUT2D eigenvalue weighted by Gasteiger charge is 2.25. The number of ether oxygens (including phenoxy) is 1. The van der Waals surface area contributed by atoms with E-state index in [1.54, 1.807) is 0 Å². The first-order chi connectivity index (χ1) is 14.1. The number of aromatic nitrogens is 1. The number of amides is 2. The predicted molar refractivity (Wildman–Crippen MR) is 111 cm³/mol. The minimum Gasteiger partial charge on any atom is -0.493 e. The fourth-order valence-corrected chi connectivity index (χ4v) is 4.16. The minimum atomic E-state index is 0.107. The molecule has 0 atom stereocenters. The van der Waals surface area contributed by atoms with Crippen LogP contribution in [0.1, 0.15) is 46.5 Å². The van der Waals surface area contributed by atoms with Gasteiger partial charge in [-0.15, -0.1) is 0 Å². The van der Waals surface area contributed by atoms with Gasteiger partial charge in [-0.05, 0) is 68.0 Å². The molecule has 1 aromatic heterocycles. The zero-order chi connectivity index (χ0) is 20.2. The van der Waals surface area contributed by atoms with Crippen LogP contribution in [0.25, 0.3) is 0 Å². The molecule has 2 amide bonds. The Labute approximate surface area is 172 Å². The lowest BCUT2D eigenvalue weighted by molar-refractivity contribution is 0.0651. The largest absolute Gasteiger partial charge is 0.493 e. The maximum atomic E-state index is 12.6. The third kappa shape index (κ3) is 4.47. The molecule has 0 N–H and O–H groups in total. The Morgan fingerprint density at radius 2 is 1.59 bits per heavy atom. The Kier molecular flexibility index (Phi) is 5.88. The van der Waals surface area contributed by atoms with Gasteiger partial charge in [0, 0.05) is 45.0 Å². The molecule has 0 aliphatic carbocycles. The number of hydrogen-bond acceptors (Lipinski definition) is 3. The van der Waals surface area contributed by atoms with E-state index in [0.717, 1.165) is 68.9 Å². The molecule has 154 valence electrons. The van der Waals surface area contributed by atoms with Crippen molar-refractivity contribution in [1.29, 1.82) is 0 Å². The van der Waals surface area contributed by atoms with Crippen LogP contribution >= 0.6 is 0 Å². The van der Waals surface area contributed by atoms with Gasteiger partial charge in [0.1, 0.15) is 11.4 Å². The van der Waals surface area contributed by atoms with E-state index < -0.39 is 0 Å². The lowest BCUT2D eigenvalue weighted by atomic mass is 9.97. The molecule has 0 unspecified atom stereocenters. The summed E-state index contributed by atoms with van der Waals surface area (Å²) in [6, 6.07) is 11.3. The summed E-state index contributed by atoms with van der Waals surface area (Å²) in [6.07, 6.45) is 5.99. The molecule has 6 heteroatoms. The molecular weight excluding hydrogens is 366 g/mol. The van der Waals surface area contributed by atoms with Crippen molar-refractivity contribution in [3.05, 3.63) is 53.9 Å². The number of benzene rings is 1. The van der Waals surface area contributed by atoms with Crippen molar-refractivity contribution >= 4 is 11.8 Å². The zero-order valence-electron chi connectivity index (χ0n) is 17.0. The van der Waals surface area contributed by atoms with Crippen LogP contribution in [0.4, 0.5) is 0 Å². The summed E-state index contributed by atoms with van der Waals surface area (Å²) in [6.45, 7) is 3.90. The Bertz CT molecular complexity index is 845. The molecule has 2 saturated heterocycles. The van der Waals surface area contributed by atoms with Crippen molar-refractivity contribution in [3.63, 3.8) is 0 Å². The van der Waals surface area contributed by atoms with Crippen molar-refractivity contribution in [2.24, 2.45) is 13.0 Å². The number of carbonyl (C=O) groups excluding carboxylic acids is 2. The lowest BCUT2D eigenvalue weighted by Crippen LogP contribution is -2.40. The average Bonchev–Trinajstić information content (AvgIpc) is 3.44. The fourth-order valence-electron chi connectivity index (χ4n) is 4.16. The Hall–Kier alpha value is -2.76. The maximum absolute atomic E-state index is 12.6. The van der Waals surface area contributed by atoms with Gasteiger partial charge >= 0.3 is 0 Å². The molecule has 0 spiro atoms. The first-order valence-electron chi connectivity index (χ1n) is 10.5. The standard InChI is InChI=1S/C23H29N3O3/c1-24-12-4-5-21(24)23(28)26-15-10-18(11-16-26)17-29-20-8-6-19(7-9-20)22(27)25-13-2-3-14-25/h4-9,12,18H,2-3,10-11,13-17H2,1H3. The van der Waals surface area contributed by atoms with Crippen LogP contribution in [0, 0.1) is 5.92 Å². The number of nitrogens with zero attached hydrogens (tertiary/aromatic N) is 3. The van der Waals surface area contributed by atoms with Gasteiger partial charge in [0.25, 0.3) is 11.8 Å². The quantitative estimate of drug-likeness (QED) is 0.781. The number of piperidine rings is 1. The van der Waals surface area contributed by atoms with Crippen LogP contribution in [0.2, 0.25) is 0 Å². The van der Waals surface area contributed by atoms with Crippen LogP contribution in [0.5, 0.6) is 5.75 Å². The van der Waals surface area contributed by atoms with Gasteiger partial charge in [-0.25, -0.2) is 0 Å². The topological polar surface area (TPSA) is 54.8 Å². The predicted octanol–water partition coefficient (Wildman–Crippen LogP) is 3.19. The molecule has 0 radical (unpaired) electrons. The highest BCUT2D eigenvalue weighted by Crippen LogP contribution is 2.22. The average molecular weight is 396 g/mol. The Morgan fingerprint density at radius 3 is 2.21 bits per heavy atom. The van der Waals surface area contributed by atoms with Crippen molar-refractivity contribution < 1.29 is 14.3 Å². The summed E-state index contributed by atoms with van der Waals surface area (Å²) in [5, 5.41) is 0. The van der Waals surface area contributed by atoms with Crippen molar-refractivity contribution in [1.82, 2.24) is 14.4 Å². The third-order valence-electron chi connectivity index (χ3n) is 6.04. The summed E-state index contributed by atoms with van der Waals surface area (Å²) in [4.78, 5) is 28.9. The van der Waals surface area contributed by atoms with Gasteiger partial charge in [-0.2, -0.15) is 0 Å². The number of carbonyl (C=O) groups is 2. The van der Waals surface area contributed by atoms with Gasteiger partial charge in [0.05, 0.1) is 6.61 Å². The molecule has 0 bridgehead atoms. The number of aryl methyl sites for hydroxylation is 1. The first kappa shape index (κ1) is 19.6. The smallest absolute Gasteiger partial charge is 0.270 e. The van der Waals surface area contributed by atoms with E-state index in [1.807, 2.05) is 64.0 Å². The van der Waals surface area contributed by atoms with Gasteiger partial charge < -0.3 is 19.1 Å². The van der Waals surface area contributed by atoms with Gasteiger partial charge in [-0.1, -0.05) is 0 Å². The third-order valence-corrected chi connectivity index (χ3v) is 6.04. The van der Waals surface area contributed by atoms with Gasteiger partial charge in [0.15, 0.2) is 0 Å². The Morgan fingerprint density at radius 1 is 0.931 bits per heavy atom. The monoisotopic (exact) mass is 395 g/mol. The molecule has 2 aromatic rings. The number of hydrogen-bond donors (Lipinski definition) is 0. The van der Waals surface area contributed by atoms with Crippen molar-refractivity contribution in [2.75, 3.05) is 32.8 Å². The molecule has 2 aliphatic heterocycles. The molecule has 2 aliphatic rings. The van der Waals surface area contributed by atoms with E-state index in [0.29, 0.717) is 12.5 Å². The SMILES string of the molecule is Cn1cccc1C(=O)N1CCC(COc2ccc(C(=O)N3CCCC3)cc2)CC1. The number of likely N-dealkylation sites (tertiary alicyclic amines) is 2. The van der Waals surface area contributed by atoms with E-state index in [9.17, 15) is 9.59 Å². The summed E-state index contributed by atoms with van der Waals surface area (Å²) in [7, 11) is 1.90. The van der Waals surface area contributed by atoms with E-state index in [2.05, 4.69) is 0 Å². The van der Waals surface area contributed by atoms with E-state index in [1.165, 1.54) is 0 Å². The molecular formula is C23H29N3O3. The van der Waals surface area contributed by atoms with Crippen LogP contribution in [0.3, 0.4) is 0 Å². The van der Waals surface area contributed by atoms with Crippen LogP contribution in [0.15, 0.2) is 42.6 Å². The Balaban J connectivity index is 1.23. The highest BCUT2D eigenvalue weighted by molar-refractivity contribution is 5.94. The second kappa shape index (κ2) is 8.72. The van der Waals surface area contributed by atoms with Crippen molar-refractivity contribution in [3.8, 4) is 5.75 Å². The van der Waals surface area contributed by atoms with Crippen LogP contribution < -0.4 is 4.74 Å². The van der Waals surface area contributed by atoms with Crippen LogP contribution in [-0.2, 0) is 7.05 Å². The molecule has 4 rings (SSSR count). The summed E-state index contributed by atoms with van der Waals surface area (Å²) >= 11 is 0. The van der Waals surface area contributed by atoms with Crippen LogP contribution in [-0.4, -0.2) is 59.0 Å². The summed E-state index contributed by atoms with van der Waals surface area (Å²) in [5.41, 5.74) is 1.47. The van der Waals surface area contributed by atoms with E-state index in [-0.39, 0.29) is 11.8 Å². The lowest BCUT2D eigenvalue weighted by Gasteiger charge is -2.32. The van der Waals surface area contributed by atoms with Gasteiger partial charge in [0.2, 0.25) is 0 Å². The second-order valence-electron chi connectivity index (χ2n) is 8.07. The zero-order valence-corrected chi connectivity index (χ0v) is 17.0. The highest BCUT2D eigenvalue weighted by atomic mass is 16.5. The van der Waals surface area contributed by atoms with E-state index >= 15 is 0 Å². The molecule has 29 heavy (non-hydrogen) atoms. The van der Waals surface area contributed by atoms with E-state index in [4.69, 9.17) is 4.74 Å². The summed E-state index contributed by atoms with van der Waals surface area (Å²) < 4.78 is 7.83. The fraction of sp³-hybridized carbons (Fsp3) is 0.478. The summed E-state index contributed by atoms with van der Waals surface area (Å²) in [5.74, 6) is 1.46.